The fraction of sp³-hybridized carbons (Fsp3) is 0.533. The van der Waals surface area contributed by atoms with Crippen LogP contribution in [0, 0.1) is 0 Å². The number of amides is 1. The SMILES string of the molecule is CC(=O)NCCCNCc1ccc(OC(F)(F)C(F)C(F)(F)F)cc1. The first-order valence-corrected chi connectivity index (χ1v) is 7.34. The van der Waals surface area contributed by atoms with Crippen LogP contribution < -0.4 is 15.4 Å². The molecule has 0 aliphatic rings. The summed E-state index contributed by atoms with van der Waals surface area (Å²) in [4.78, 5) is 10.6. The van der Waals surface area contributed by atoms with E-state index in [2.05, 4.69) is 15.4 Å². The predicted octanol–water partition coefficient (Wildman–Crippen LogP) is 3.17. The molecule has 1 atom stereocenters. The van der Waals surface area contributed by atoms with Gasteiger partial charge in [-0.25, -0.2) is 4.39 Å². The van der Waals surface area contributed by atoms with Gasteiger partial charge in [-0.2, -0.15) is 22.0 Å². The van der Waals surface area contributed by atoms with Gasteiger partial charge in [0.05, 0.1) is 0 Å². The Morgan fingerprint density at radius 2 is 1.72 bits per heavy atom. The Morgan fingerprint density at radius 3 is 2.24 bits per heavy atom. The van der Waals surface area contributed by atoms with Crippen LogP contribution in [0.3, 0.4) is 0 Å². The van der Waals surface area contributed by atoms with E-state index in [1.165, 1.54) is 19.1 Å². The number of benzene rings is 1. The third kappa shape index (κ3) is 7.63. The molecule has 25 heavy (non-hydrogen) atoms. The molecule has 1 unspecified atom stereocenters. The highest BCUT2D eigenvalue weighted by Gasteiger charge is 2.59. The summed E-state index contributed by atoms with van der Waals surface area (Å²) in [5, 5.41) is 5.65. The van der Waals surface area contributed by atoms with Crippen LogP contribution in [0.5, 0.6) is 5.75 Å². The fourth-order valence-electron chi connectivity index (χ4n) is 1.79. The third-order valence-electron chi connectivity index (χ3n) is 2.99. The molecular weight excluding hydrogens is 354 g/mol. The maximum absolute atomic E-state index is 13.1. The first-order chi connectivity index (χ1) is 11.5. The zero-order valence-corrected chi connectivity index (χ0v) is 13.3. The monoisotopic (exact) mass is 372 g/mol. The fourth-order valence-corrected chi connectivity index (χ4v) is 1.79. The summed E-state index contributed by atoms with van der Waals surface area (Å²) in [5.41, 5.74) is 0.669. The van der Waals surface area contributed by atoms with Gasteiger partial charge in [-0.05, 0) is 30.7 Å². The van der Waals surface area contributed by atoms with Crippen LogP contribution in [0.2, 0.25) is 0 Å². The first kappa shape index (κ1) is 21.1. The standard InChI is InChI=1S/C15H18F6N2O2/c1-10(24)23-8-2-7-22-9-11-3-5-12(6-4-11)25-15(20,21)13(16)14(17,18)19/h3-6,13,22H,2,7-9H2,1H3,(H,23,24). The van der Waals surface area contributed by atoms with Crippen molar-refractivity contribution in [3.8, 4) is 5.75 Å². The van der Waals surface area contributed by atoms with Crippen LogP contribution in [0.1, 0.15) is 18.9 Å². The third-order valence-corrected chi connectivity index (χ3v) is 2.99. The predicted molar refractivity (Wildman–Crippen MR) is 78.0 cm³/mol. The molecule has 1 rings (SSSR count). The Kier molecular flexibility index (Phi) is 7.53. The molecule has 0 saturated heterocycles. The number of rotatable bonds is 9. The van der Waals surface area contributed by atoms with Crippen LogP contribution in [0.4, 0.5) is 26.3 Å². The Morgan fingerprint density at radius 1 is 1.12 bits per heavy atom. The lowest BCUT2D eigenvalue weighted by Crippen LogP contribution is -2.45. The van der Waals surface area contributed by atoms with Crippen molar-refractivity contribution in [3.63, 3.8) is 0 Å². The van der Waals surface area contributed by atoms with Crippen molar-refractivity contribution < 1.29 is 35.9 Å². The Hall–Kier alpha value is -1.97. The van der Waals surface area contributed by atoms with Crippen molar-refractivity contribution in [2.75, 3.05) is 13.1 Å². The van der Waals surface area contributed by atoms with Crippen molar-refractivity contribution >= 4 is 5.91 Å². The number of carbonyl (C=O) groups excluding carboxylic acids is 1. The van der Waals surface area contributed by atoms with E-state index in [-0.39, 0.29) is 5.91 Å². The first-order valence-electron chi connectivity index (χ1n) is 7.34. The van der Waals surface area contributed by atoms with E-state index in [1.54, 1.807) is 0 Å². The van der Waals surface area contributed by atoms with E-state index in [0.29, 0.717) is 31.6 Å². The lowest BCUT2D eigenvalue weighted by atomic mass is 10.2. The molecule has 1 amide bonds. The molecule has 0 saturated carbocycles. The van der Waals surface area contributed by atoms with Crippen LogP contribution in [-0.4, -0.2) is 37.5 Å². The van der Waals surface area contributed by atoms with E-state index in [0.717, 1.165) is 12.1 Å². The zero-order chi connectivity index (χ0) is 19.1. The molecule has 0 aliphatic carbocycles. The molecule has 0 heterocycles. The molecule has 142 valence electrons. The minimum Gasteiger partial charge on any atom is -0.430 e. The van der Waals surface area contributed by atoms with Crippen LogP contribution in [0.25, 0.3) is 0 Å². The molecule has 0 bridgehead atoms. The lowest BCUT2D eigenvalue weighted by Gasteiger charge is -2.23. The Labute approximate surface area is 140 Å². The molecule has 2 N–H and O–H groups in total. The van der Waals surface area contributed by atoms with Crippen molar-refractivity contribution in [2.45, 2.75) is 38.3 Å². The summed E-state index contributed by atoms with van der Waals surface area (Å²) >= 11 is 0. The number of halogens is 6. The molecule has 1 aromatic rings. The Balaban J connectivity index is 2.44. The van der Waals surface area contributed by atoms with E-state index in [1.807, 2.05) is 0 Å². The lowest BCUT2D eigenvalue weighted by molar-refractivity contribution is -0.304. The van der Waals surface area contributed by atoms with Crippen LogP contribution in [-0.2, 0) is 11.3 Å². The van der Waals surface area contributed by atoms with Crippen molar-refractivity contribution in [3.05, 3.63) is 29.8 Å². The van der Waals surface area contributed by atoms with E-state index in [9.17, 15) is 31.1 Å². The molecule has 0 fully saturated rings. The topological polar surface area (TPSA) is 50.4 Å². The summed E-state index contributed by atoms with van der Waals surface area (Å²) in [6, 6.07) is 4.80. The summed E-state index contributed by atoms with van der Waals surface area (Å²) < 4.78 is 78.9. The second kappa shape index (κ2) is 8.93. The minimum atomic E-state index is -5.72. The van der Waals surface area contributed by atoms with Gasteiger partial charge >= 0.3 is 12.3 Å². The van der Waals surface area contributed by atoms with Gasteiger partial charge in [0.1, 0.15) is 5.75 Å². The van der Waals surface area contributed by atoms with E-state index in [4.69, 9.17) is 0 Å². The van der Waals surface area contributed by atoms with Crippen molar-refractivity contribution in [1.29, 1.82) is 0 Å². The van der Waals surface area contributed by atoms with Gasteiger partial charge in [-0.3, -0.25) is 4.79 Å². The highest BCUT2D eigenvalue weighted by Crippen LogP contribution is 2.36. The molecule has 0 spiro atoms. The molecular formula is C15H18F6N2O2. The average molecular weight is 372 g/mol. The molecule has 0 aliphatic heterocycles. The largest absolute Gasteiger partial charge is 0.439 e. The van der Waals surface area contributed by atoms with Gasteiger partial charge in [-0.15, -0.1) is 0 Å². The van der Waals surface area contributed by atoms with Crippen molar-refractivity contribution in [2.24, 2.45) is 0 Å². The zero-order valence-electron chi connectivity index (χ0n) is 13.3. The maximum atomic E-state index is 13.1. The second-order valence-electron chi connectivity index (χ2n) is 5.23. The van der Waals surface area contributed by atoms with Gasteiger partial charge in [0.25, 0.3) is 6.17 Å². The normalized spacial score (nSPS) is 13.4. The number of hydrogen-bond donors (Lipinski definition) is 2. The van der Waals surface area contributed by atoms with E-state index >= 15 is 0 Å². The number of hydrogen-bond acceptors (Lipinski definition) is 3. The summed E-state index contributed by atoms with van der Waals surface area (Å²) in [7, 11) is 0. The molecule has 1 aromatic carbocycles. The summed E-state index contributed by atoms with van der Waals surface area (Å²) in [6.07, 6.45) is -14.5. The van der Waals surface area contributed by atoms with E-state index < -0.39 is 24.2 Å². The molecule has 4 nitrogen and oxygen atoms in total. The Bertz CT molecular complexity index is 548. The van der Waals surface area contributed by atoms with Gasteiger partial charge in [-0.1, -0.05) is 12.1 Å². The van der Waals surface area contributed by atoms with Gasteiger partial charge < -0.3 is 15.4 Å². The molecule has 10 heteroatoms. The quantitative estimate of drug-likeness (QED) is 0.517. The highest BCUT2D eigenvalue weighted by atomic mass is 19.4. The maximum Gasteiger partial charge on any atom is 0.439 e. The average Bonchev–Trinajstić information content (AvgIpc) is 2.50. The number of alkyl halides is 6. The smallest absolute Gasteiger partial charge is 0.430 e. The number of ether oxygens (including phenoxy) is 1. The minimum absolute atomic E-state index is 0.131. The van der Waals surface area contributed by atoms with Crippen molar-refractivity contribution in [1.82, 2.24) is 10.6 Å². The second-order valence-corrected chi connectivity index (χ2v) is 5.23. The van der Waals surface area contributed by atoms with Gasteiger partial charge in [0.2, 0.25) is 5.91 Å². The van der Waals surface area contributed by atoms with Gasteiger partial charge in [0.15, 0.2) is 0 Å². The number of carbonyl (C=O) groups is 1. The number of nitrogens with one attached hydrogen (secondary N) is 2. The highest BCUT2D eigenvalue weighted by molar-refractivity contribution is 5.72. The van der Waals surface area contributed by atoms with Gasteiger partial charge in [0, 0.05) is 20.0 Å². The molecule has 0 radical (unpaired) electrons. The molecule has 0 aromatic heterocycles. The summed E-state index contributed by atoms with van der Waals surface area (Å²) in [5.74, 6) is -0.709. The van der Waals surface area contributed by atoms with Crippen LogP contribution in [0.15, 0.2) is 24.3 Å². The summed E-state index contributed by atoms with van der Waals surface area (Å²) in [6.45, 7) is 2.88. The van der Waals surface area contributed by atoms with Crippen LogP contribution >= 0.6 is 0 Å².